The summed E-state index contributed by atoms with van der Waals surface area (Å²) in [5.74, 6) is 6.15. The van der Waals surface area contributed by atoms with E-state index >= 15 is 0 Å². The molecule has 0 atom stereocenters. The minimum Gasteiger partial charge on any atom is -0.492 e. The zero-order valence-corrected chi connectivity index (χ0v) is 11.7. The number of benzene rings is 1. The number of aromatic nitrogens is 2. The maximum atomic E-state index is 11.3. The summed E-state index contributed by atoms with van der Waals surface area (Å²) in [4.78, 5) is 11.3. The lowest BCUT2D eigenvalue weighted by atomic mass is 10.2. The third-order valence-corrected chi connectivity index (χ3v) is 3.49. The van der Waals surface area contributed by atoms with Crippen molar-refractivity contribution in [2.75, 3.05) is 6.61 Å². The second-order valence-electron chi connectivity index (χ2n) is 5.12. The highest BCUT2D eigenvalue weighted by molar-refractivity contribution is 5.93. The smallest absolute Gasteiger partial charge is 0.265 e. The standard InChI is InChI=1S/C15H18N4O2/c16-17-15(20)12-3-5-13(6-4-12)21-10-9-19-8-7-14(18-19)11-1-2-11/h3-8,11H,1-2,9-10,16H2,(H,17,20). The van der Waals surface area contributed by atoms with Gasteiger partial charge in [-0.2, -0.15) is 5.10 Å². The summed E-state index contributed by atoms with van der Waals surface area (Å²) in [6.45, 7) is 1.24. The molecule has 0 aliphatic heterocycles. The molecule has 1 heterocycles. The molecule has 3 rings (SSSR count). The molecule has 1 fully saturated rings. The van der Waals surface area contributed by atoms with Gasteiger partial charge in [0.05, 0.1) is 12.2 Å². The van der Waals surface area contributed by atoms with Gasteiger partial charge in [-0.3, -0.25) is 14.9 Å². The summed E-state index contributed by atoms with van der Waals surface area (Å²) >= 11 is 0. The molecule has 1 aromatic heterocycles. The zero-order chi connectivity index (χ0) is 14.7. The topological polar surface area (TPSA) is 82.2 Å². The van der Waals surface area contributed by atoms with Gasteiger partial charge in [0.25, 0.3) is 5.91 Å². The van der Waals surface area contributed by atoms with Crippen LogP contribution in [0.2, 0.25) is 0 Å². The van der Waals surface area contributed by atoms with Crippen molar-refractivity contribution in [1.82, 2.24) is 15.2 Å². The van der Waals surface area contributed by atoms with E-state index < -0.39 is 0 Å². The fourth-order valence-corrected chi connectivity index (χ4v) is 2.14. The van der Waals surface area contributed by atoms with E-state index in [1.807, 2.05) is 10.9 Å². The van der Waals surface area contributed by atoms with Crippen molar-refractivity contribution in [3.8, 4) is 5.75 Å². The lowest BCUT2D eigenvalue weighted by molar-refractivity contribution is 0.0953. The highest BCUT2D eigenvalue weighted by Gasteiger charge is 2.25. The highest BCUT2D eigenvalue weighted by Crippen LogP contribution is 2.38. The molecule has 6 nitrogen and oxygen atoms in total. The van der Waals surface area contributed by atoms with E-state index in [4.69, 9.17) is 10.6 Å². The van der Waals surface area contributed by atoms with Crippen LogP contribution in [0, 0.1) is 0 Å². The molecule has 2 aromatic rings. The summed E-state index contributed by atoms with van der Waals surface area (Å²) in [5.41, 5.74) is 3.78. The molecule has 0 radical (unpaired) electrons. The van der Waals surface area contributed by atoms with E-state index in [2.05, 4.69) is 16.6 Å². The van der Waals surface area contributed by atoms with Crippen LogP contribution in [0.5, 0.6) is 5.75 Å². The normalized spacial score (nSPS) is 14.0. The average molecular weight is 286 g/mol. The maximum Gasteiger partial charge on any atom is 0.265 e. The van der Waals surface area contributed by atoms with Crippen LogP contribution in [0.1, 0.15) is 34.8 Å². The van der Waals surface area contributed by atoms with E-state index in [0.29, 0.717) is 24.6 Å². The molecule has 1 amide bonds. The van der Waals surface area contributed by atoms with Gasteiger partial charge in [0, 0.05) is 17.7 Å². The van der Waals surface area contributed by atoms with Crippen LogP contribution in [0.25, 0.3) is 0 Å². The quantitative estimate of drug-likeness (QED) is 0.478. The number of rotatable bonds is 6. The Hall–Kier alpha value is -2.34. The Kier molecular flexibility index (Phi) is 3.87. The van der Waals surface area contributed by atoms with Gasteiger partial charge in [-0.15, -0.1) is 0 Å². The first-order valence-corrected chi connectivity index (χ1v) is 7.03. The molecule has 1 saturated carbocycles. The van der Waals surface area contributed by atoms with Crippen molar-refractivity contribution >= 4 is 5.91 Å². The SMILES string of the molecule is NNC(=O)c1ccc(OCCn2ccc(C3CC3)n2)cc1. The fraction of sp³-hybridized carbons (Fsp3) is 0.333. The van der Waals surface area contributed by atoms with E-state index in [9.17, 15) is 4.79 Å². The molecular formula is C15H18N4O2. The van der Waals surface area contributed by atoms with Crippen molar-refractivity contribution in [3.05, 3.63) is 47.8 Å². The van der Waals surface area contributed by atoms with Gasteiger partial charge in [0.1, 0.15) is 12.4 Å². The number of carbonyl (C=O) groups excluding carboxylic acids is 1. The Morgan fingerprint density at radius 1 is 1.33 bits per heavy atom. The van der Waals surface area contributed by atoms with Crippen molar-refractivity contribution in [2.45, 2.75) is 25.3 Å². The zero-order valence-electron chi connectivity index (χ0n) is 11.7. The maximum absolute atomic E-state index is 11.3. The highest BCUT2D eigenvalue weighted by atomic mass is 16.5. The fourth-order valence-electron chi connectivity index (χ4n) is 2.14. The molecule has 1 aliphatic carbocycles. The molecule has 0 unspecified atom stereocenters. The summed E-state index contributed by atoms with van der Waals surface area (Å²) in [6.07, 6.45) is 4.51. The minimum atomic E-state index is -0.314. The molecule has 110 valence electrons. The van der Waals surface area contributed by atoms with Crippen LogP contribution in [0.15, 0.2) is 36.5 Å². The van der Waals surface area contributed by atoms with Crippen LogP contribution in [-0.4, -0.2) is 22.3 Å². The second kappa shape index (κ2) is 5.97. The van der Waals surface area contributed by atoms with Crippen molar-refractivity contribution in [2.24, 2.45) is 5.84 Å². The minimum absolute atomic E-state index is 0.314. The summed E-state index contributed by atoms with van der Waals surface area (Å²) in [7, 11) is 0. The van der Waals surface area contributed by atoms with Gasteiger partial charge >= 0.3 is 0 Å². The lowest BCUT2D eigenvalue weighted by Crippen LogP contribution is -2.29. The number of hydrogen-bond donors (Lipinski definition) is 2. The predicted molar refractivity (Wildman–Crippen MR) is 77.8 cm³/mol. The first kappa shape index (κ1) is 13.6. The number of nitrogen functional groups attached to an aromatic ring is 1. The van der Waals surface area contributed by atoms with Gasteiger partial charge in [-0.05, 0) is 43.2 Å². The van der Waals surface area contributed by atoms with E-state index in [-0.39, 0.29) is 5.91 Å². The van der Waals surface area contributed by atoms with Crippen LogP contribution >= 0.6 is 0 Å². The number of amides is 1. The summed E-state index contributed by atoms with van der Waals surface area (Å²) in [5, 5.41) is 4.52. The van der Waals surface area contributed by atoms with Gasteiger partial charge < -0.3 is 4.74 Å². The summed E-state index contributed by atoms with van der Waals surface area (Å²) < 4.78 is 7.55. The van der Waals surface area contributed by atoms with Crippen LogP contribution in [0.4, 0.5) is 0 Å². The van der Waals surface area contributed by atoms with Crippen molar-refractivity contribution < 1.29 is 9.53 Å². The third-order valence-electron chi connectivity index (χ3n) is 3.49. The largest absolute Gasteiger partial charge is 0.492 e. The second-order valence-corrected chi connectivity index (χ2v) is 5.12. The molecule has 1 aliphatic rings. The predicted octanol–water partition coefficient (Wildman–Crippen LogP) is 1.44. The van der Waals surface area contributed by atoms with Gasteiger partial charge in [0.15, 0.2) is 0 Å². The first-order chi connectivity index (χ1) is 10.3. The number of nitrogens with two attached hydrogens (primary N) is 1. The Labute approximate surface area is 122 Å². The number of nitrogens with zero attached hydrogens (tertiary/aromatic N) is 2. The van der Waals surface area contributed by atoms with Gasteiger partial charge in [0.2, 0.25) is 0 Å². The molecule has 1 aromatic carbocycles. The Morgan fingerprint density at radius 2 is 2.10 bits per heavy atom. The van der Waals surface area contributed by atoms with E-state index in [1.54, 1.807) is 24.3 Å². The molecule has 0 spiro atoms. The number of carbonyl (C=O) groups is 1. The number of ether oxygens (including phenoxy) is 1. The van der Waals surface area contributed by atoms with Gasteiger partial charge in [-0.25, -0.2) is 5.84 Å². The van der Waals surface area contributed by atoms with Crippen LogP contribution in [-0.2, 0) is 6.54 Å². The van der Waals surface area contributed by atoms with E-state index in [0.717, 1.165) is 5.75 Å². The number of hydrogen-bond acceptors (Lipinski definition) is 4. The molecule has 6 heteroatoms. The Balaban J connectivity index is 1.49. The summed E-state index contributed by atoms with van der Waals surface area (Å²) in [6, 6.07) is 8.94. The van der Waals surface area contributed by atoms with Crippen molar-refractivity contribution in [1.29, 1.82) is 0 Å². The lowest BCUT2D eigenvalue weighted by Gasteiger charge is -2.07. The van der Waals surface area contributed by atoms with Crippen LogP contribution in [0.3, 0.4) is 0 Å². The molecular weight excluding hydrogens is 268 g/mol. The number of hydrazine groups is 1. The third kappa shape index (κ3) is 3.41. The number of nitrogens with one attached hydrogen (secondary N) is 1. The molecule has 0 bridgehead atoms. The molecule has 0 saturated heterocycles. The first-order valence-electron chi connectivity index (χ1n) is 7.03. The Bertz CT molecular complexity index is 617. The Morgan fingerprint density at radius 3 is 2.76 bits per heavy atom. The molecule has 3 N–H and O–H groups in total. The van der Waals surface area contributed by atoms with Gasteiger partial charge in [-0.1, -0.05) is 0 Å². The average Bonchev–Trinajstić information content (AvgIpc) is 3.27. The monoisotopic (exact) mass is 286 g/mol. The van der Waals surface area contributed by atoms with Crippen molar-refractivity contribution in [3.63, 3.8) is 0 Å². The van der Waals surface area contributed by atoms with E-state index in [1.165, 1.54) is 18.5 Å². The molecule has 21 heavy (non-hydrogen) atoms. The van der Waals surface area contributed by atoms with Crippen LogP contribution < -0.4 is 16.0 Å².